The molecule has 0 atom stereocenters. The Morgan fingerprint density at radius 2 is 2.17 bits per heavy atom. The van der Waals surface area contributed by atoms with Gasteiger partial charge in [0.15, 0.2) is 0 Å². The molecule has 0 saturated carbocycles. The Kier molecular flexibility index (Phi) is 4.24. The fourth-order valence-corrected chi connectivity index (χ4v) is 0.486. The number of rotatable bonds is 3. The van der Waals surface area contributed by atoms with Gasteiger partial charge in [-0.3, -0.25) is 4.79 Å². The van der Waals surface area contributed by atoms with Crippen LogP contribution in [0.15, 0.2) is 23.9 Å². The molecule has 1 amide bonds. The molecule has 0 aromatic carbocycles. The molecule has 0 rings (SSSR count). The molecule has 0 unspecified atom stereocenters. The van der Waals surface area contributed by atoms with Gasteiger partial charge in [0, 0.05) is 14.1 Å². The van der Waals surface area contributed by atoms with Crippen LogP contribution in [0.25, 0.3) is 0 Å². The molecule has 0 bridgehead atoms. The molecule has 0 aromatic rings. The van der Waals surface area contributed by atoms with Gasteiger partial charge in [-0.2, -0.15) is 5.26 Å². The van der Waals surface area contributed by atoms with Crippen molar-refractivity contribution in [1.82, 2.24) is 4.90 Å². The molecule has 4 heteroatoms. The van der Waals surface area contributed by atoms with E-state index in [-0.39, 0.29) is 5.57 Å². The fourth-order valence-electron chi connectivity index (χ4n) is 0.486. The number of primary amides is 1. The lowest BCUT2D eigenvalue weighted by molar-refractivity contribution is -0.114. The highest BCUT2D eigenvalue weighted by atomic mass is 16.1. The van der Waals surface area contributed by atoms with Crippen molar-refractivity contribution in [3.05, 3.63) is 23.9 Å². The zero-order chi connectivity index (χ0) is 9.56. The highest BCUT2D eigenvalue weighted by Crippen LogP contribution is 1.91. The van der Waals surface area contributed by atoms with Gasteiger partial charge in [-0.05, 0) is 18.4 Å². The second kappa shape index (κ2) is 4.97. The Morgan fingerprint density at radius 3 is 2.50 bits per heavy atom. The van der Waals surface area contributed by atoms with Gasteiger partial charge in [0.05, 0.1) is 0 Å². The summed E-state index contributed by atoms with van der Waals surface area (Å²) in [6.45, 7) is 0. The number of nitriles is 1. The second-order valence-corrected chi connectivity index (χ2v) is 2.36. The zero-order valence-electron chi connectivity index (χ0n) is 7.11. The van der Waals surface area contributed by atoms with Crippen LogP contribution in [0.3, 0.4) is 0 Å². The van der Waals surface area contributed by atoms with Crippen molar-refractivity contribution in [1.29, 1.82) is 5.26 Å². The Bertz CT molecular complexity index is 258. The minimum Gasteiger partial charge on any atom is -0.383 e. The maximum absolute atomic E-state index is 10.5. The summed E-state index contributed by atoms with van der Waals surface area (Å²) in [6, 6.07) is 1.69. The first-order valence-corrected chi connectivity index (χ1v) is 3.32. The normalized spacial score (nSPS) is 11.2. The average Bonchev–Trinajstić information content (AvgIpc) is 1.96. The Labute approximate surface area is 71.6 Å². The molecule has 0 aliphatic carbocycles. The molecule has 0 spiro atoms. The fraction of sp³-hybridized carbons (Fsp3) is 0.250. The van der Waals surface area contributed by atoms with Crippen LogP contribution >= 0.6 is 0 Å². The summed E-state index contributed by atoms with van der Waals surface area (Å²) in [4.78, 5) is 12.3. The lowest BCUT2D eigenvalue weighted by Crippen LogP contribution is -2.12. The summed E-state index contributed by atoms with van der Waals surface area (Å²) in [7, 11) is 3.67. The summed E-state index contributed by atoms with van der Waals surface area (Å²) in [5.74, 6) is -0.707. The molecule has 0 fully saturated rings. The Hall–Kier alpha value is -1.76. The first kappa shape index (κ1) is 10.2. The van der Waals surface area contributed by atoms with Crippen LogP contribution in [-0.4, -0.2) is 24.9 Å². The highest BCUT2D eigenvalue weighted by Gasteiger charge is 1.99. The van der Waals surface area contributed by atoms with Gasteiger partial charge in [0.1, 0.15) is 11.6 Å². The van der Waals surface area contributed by atoms with Gasteiger partial charge in [-0.15, -0.1) is 0 Å². The van der Waals surface area contributed by atoms with Crippen LogP contribution in [0.4, 0.5) is 0 Å². The Morgan fingerprint density at radius 1 is 1.58 bits per heavy atom. The molecule has 4 nitrogen and oxygen atoms in total. The first-order chi connectivity index (χ1) is 5.57. The van der Waals surface area contributed by atoms with Crippen molar-refractivity contribution < 1.29 is 4.79 Å². The minimum atomic E-state index is -0.707. The number of carbonyl (C=O) groups excluding carboxylic acids is 1. The minimum absolute atomic E-state index is 0.0481. The number of hydrogen-bond acceptors (Lipinski definition) is 3. The van der Waals surface area contributed by atoms with Crippen molar-refractivity contribution in [2.75, 3.05) is 14.1 Å². The molecule has 0 aromatic heterocycles. The maximum atomic E-state index is 10.5. The van der Waals surface area contributed by atoms with Gasteiger partial charge >= 0.3 is 0 Å². The van der Waals surface area contributed by atoms with Gasteiger partial charge in [-0.1, -0.05) is 0 Å². The first-order valence-electron chi connectivity index (χ1n) is 3.32. The number of hydrogen-bond donors (Lipinski definition) is 1. The van der Waals surface area contributed by atoms with E-state index in [0.29, 0.717) is 0 Å². The molecule has 0 radical (unpaired) electrons. The van der Waals surface area contributed by atoms with Crippen LogP contribution in [-0.2, 0) is 4.79 Å². The summed E-state index contributed by atoms with van der Waals surface area (Å²) in [5, 5.41) is 8.40. The molecule has 0 aliphatic rings. The smallest absolute Gasteiger partial charge is 0.259 e. The molecule has 64 valence electrons. The summed E-state index contributed by atoms with van der Waals surface area (Å²) < 4.78 is 0. The number of allylic oxidation sites excluding steroid dienone is 2. The van der Waals surface area contributed by atoms with Crippen molar-refractivity contribution in [2.45, 2.75) is 0 Å². The van der Waals surface area contributed by atoms with E-state index in [4.69, 9.17) is 11.0 Å². The van der Waals surface area contributed by atoms with Gasteiger partial charge in [-0.25, -0.2) is 0 Å². The lowest BCUT2D eigenvalue weighted by Gasteiger charge is -2.00. The molecule has 12 heavy (non-hydrogen) atoms. The van der Waals surface area contributed by atoms with Crippen molar-refractivity contribution in [3.63, 3.8) is 0 Å². The SMILES string of the molecule is CN(C)C=CC=C(C#N)C(N)=O. The summed E-state index contributed by atoms with van der Waals surface area (Å²) in [5.41, 5.74) is 4.84. The van der Waals surface area contributed by atoms with Crippen LogP contribution in [0, 0.1) is 11.3 Å². The third-order valence-corrected chi connectivity index (χ3v) is 1.03. The van der Waals surface area contributed by atoms with E-state index in [1.807, 2.05) is 14.1 Å². The average molecular weight is 165 g/mol. The maximum Gasteiger partial charge on any atom is 0.259 e. The molecular weight excluding hydrogens is 154 g/mol. The molecule has 0 saturated heterocycles. The van der Waals surface area contributed by atoms with Crippen LogP contribution < -0.4 is 5.73 Å². The third-order valence-electron chi connectivity index (χ3n) is 1.03. The summed E-state index contributed by atoms with van der Waals surface area (Å²) >= 11 is 0. The van der Waals surface area contributed by atoms with Crippen molar-refractivity contribution in [3.8, 4) is 6.07 Å². The predicted octanol–water partition coefficient (Wildman–Crippen LogP) is -0.00302. The lowest BCUT2D eigenvalue weighted by atomic mass is 10.2. The predicted molar refractivity (Wildman–Crippen MR) is 45.7 cm³/mol. The number of amides is 1. The van der Waals surface area contributed by atoms with Gasteiger partial charge in [0.2, 0.25) is 0 Å². The van der Waals surface area contributed by atoms with E-state index in [1.54, 1.807) is 23.2 Å². The third kappa shape index (κ3) is 4.12. The van der Waals surface area contributed by atoms with E-state index >= 15 is 0 Å². The molecule has 2 N–H and O–H groups in total. The summed E-state index contributed by atoms with van der Waals surface area (Å²) in [6.07, 6.45) is 4.67. The monoisotopic (exact) mass is 165 g/mol. The van der Waals surface area contributed by atoms with Crippen molar-refractivity contribution >= 4 is 5.91 Å². The second-order valence-electron chi connectivity index (χ2n) is 2.36. The van der Waals surface area contributed by atoms with E-state index < -0.39 is 5.91 Å². The molecular formula is C8H11N3O. The standard InChI is InChI=1S/C8H11N3O/c1-11(2)5-3-4-7(6-9)8(10)12/h3-5H,1-2H3,(H2,10,12). The van der Waals surface area contributed by atoms with E-state index in [2.05, 4.69) is 0 Å². The van der Waals surface area contributed by atoms with Crippen LogP contribution in [0.5, 0.6) is 0 Å². The quantitative estimate of drug-likeness (QED) is 0.363. The highest BCUT2D eigenvalue weighted by molar-refractivity contribution is 5.96. The zero-order valence-corrected chi connectivity index (χ0v) is 7.11. The van der Waals surface area contributed by atoms with E-state index in [0.717, 1.165) is 0 Å². The van der Waals surface area contributed by atoms with Gasteiger partial charge in [0.25, 0.3) is 5.91 Å². The number of carbonyl (C=O) groups is 1. The molecule has 0 heterocycles. The number of nitrogens with two attached hydrogens (primary N) is 1. The van der Waals surface area contributed by atoms with Crippen molar-refractivity contribution in [2.24, 2.45) is 5.73 Å². The number of nitrogens with zero attached hydrogens (tertiary/aromatic N) is 2. The molecule has 0 aliphatic heterocycles. The van der Waals surface area contributed by atoms with E-state index in [9.17, 15) is 4.79 Å². The van der Waals surface area contributed by atoms with Crippen LogP contribution in [0.2, 0.25) is 0 Å². The topological polar surface area (TPSA) is 70.1 Å². The Balaban J connectivity index is 4.35. The van der Waals surface area contributed by atoms with Gasteiger partial charge < -0.3 is 10.6 Å². The van der Waals surface area contributed by atoms with E-state index in [1.165, 1.54) is 6.08 Å². The van der Waals surface area contributed by atoms with Crippen LogP contribution in [0.1, 0.15) is 0 Å². The largest absolute Gasteiger partial charge is 0.383 e.